The molecule has 142 valence electrons. The van der Waals surface area contributed by atoms with Crippen molar-refractivity contribution in [2.75, 3.05) is 13.1 Å². The molecule has 1 atom stereocenters. The average molecular weight is 388 g/mol. The predicted molar refractivity (Wildman–Crippen MR) is 100 cm³/mol. The number of hydrogen-bond acceptors (Lipinski definition) is 4. The number of piperidine rings is 1. The van der Waals surface area contributed by atoms with Gasteiger partial charge in [0.05, 0.1) is 4.90 Å². The number of hydrogen-bond donors (Lipinski definition) is 0. The Morgan fingerprint density at radius 3 is 2.78 bits per heavy atom. The van der Waals surface area contributed by atoms with Crippen molar-refractivity contribution in [2.24, 2.45) is 5.92 Å². The van der Waals surface area contributed by atoms with Gasteiger partial charge in [0.1, 0.15) is 17.2 Å². The van der Waals surface area contributed by atoms with Crippen LogP contribution in [-0.4, -0.2) is 40.3 Å². The number of benzene rings is 1. The fraction of sp³-hybridized carbons (Fsp3) is 0.368. The van der Waals surface area contributed by atoms with Crippen molar-refractivity contribution in [1.29, 1.82) is 0 Å². The number of nitrogens with zero attached hydrogens (tertiary/aromatic N) is 4. The molecule has 0 saturated carbocycles. The van der Waals surface area contributed by atoms with Crippen molar-refractivity contribution in [1.82, 2.24) is 18.8 Å². The van der Waals surface area contributed by atoms with E-state index in [4.69, 9.17) is 0 Å². The Balaban J connectivity index is 1.56. The van der Waals surface area contributed by atoms with Crippen molar-refractivity contribution in [3.63, 3.8) is 0 Å². The summed E-state index contributed by atoms with van der Waals surface area (Å²) in [6, 6.07) is 8.80. The van der Waals surface area contributed by atoms with Crippen LogP contribution in [0.15, 0.2) is 47.5 Å². The Morgan fingerprint density at radius 2 is 2.00 bits per heavy atom. The van der Waals surface area contributed by atoms with E-state index in [9.17, 15) is 12.8 Å². The Bertz CT molecular complexity index is 1060. The van der Waals surface area contributed by atoms with Crippen LogP contribution in [-0.2, 0) is 16.6 Å². The van der Waals surface area contributed by atoms with E-state index in [1.165, 1.54) is 28.6 Å². The molecule has 3 aromatic rings. The molecule has 0 aliphatic carbocycles. The van der Waals surface area contributed by atoms with Crippen LogP contribution in [0.3, 0.4) is 0 Å². The van der Waals surface area contributed by atoms with Gasteiger partial charge in [-0.05, 0) is 62.1 Å². The van der Waals surface area contributed by atoms with Gasteiger partial charge >= 0.3 is 0 Å². The van der Waals surface area contributed by atoms with Crippen molar-refractivity contribution in [3.05, 3.63) is 54.2 Å². The molecule has 1 fully saturated rings. The quantitative estimate of drug-likeness (QED) is 0.689. The molecule has 0 spiro atoms. The molecule has 1 aliphatic heterocycles. The normalized spacial score (nSPS) is 18.8. The first-order valence-electron chi connectivity index (χ1n) is 8.99. The van der Waals surface area contributed by atoms with Crippen LogP contribution in [0.5, 0.6) is 0 Å². The molecule has 1 aliphatic rings. The summed E-state index contributed by atoms with van der Waals surface area (Å²) >= 11 is 0. The number of aromatic nitrogens is 3. The number of pyridine rings is 1. The number of halogens is 1. The molecule has 6 nitrogen and oxygen atoms in total. The zero-order valence-electron chi connectivity index (χ0n) is 15.0. The van der Waals surface area contributed by atoms with Gasteiger partial charge in [-0.25, -0.2) is 22.8 Å². The van der Waals surface area contributed by atoms with E-state index in [2.05, 4.69) is 14.5 Å². The third kappa shape index (κ3) is 3.46. The minimum Gasteiger partial charge on any atom is -0.313 e. The van der Waals surface area contributed by atoms with E-state index in [0.29, 0.717) is 19.6 Å². The van der Waals surface area contributed by atoms with Crippen molar-refractivity contribution in [3.8, 4) is 0 Å². The van der Waals surface area contributed by atoms with E-state index >= 15 is 0 Å². The Morgan fingerprint density at radius 1 is 1.22 bits per heavy atom. The molecule has 1 aromatic carbocycles. The Labute approximate surface area is 157 Å². The molecule has 27 heavy (non-hydrogen) atoms. The van der Waals surface area contributed by atoms with Crippen molar-refractivity contribution < 1.29 is 12.8 Å². The van der Waals surface area contributed by atoms with Gasteiger partial charge < -0.3 is 4.57 Å². The SMILES string of the molecule is Cc1nc2cccnc2n1CC1CCCN(S(=O)(=O)c2ccc(F)cc2)C1. The number of sulfonamides is 1. The highest BCUT2D eigenvalue weighted by Gasteiger charge is 2.30. The molecule has 1 unspecified atom stereocenters. The topological polar surface area (TPSA) is 68.1 Å². The second-order valence-corrected chi connectivity index (χ2v) is 8.88. The van der Waals surface area contributed by atoms with Gasteiger partial charge in [0.2, 0.25) is 10.0 Å². The second kappa shape index (κ2) is 7.01. The summed E-state index contributed by atoms with van der Waals surface area (Å²) < 4.78 is 42.5. The summed E-state index contributed by atoms with van der Waals surface area (Å²) in [4.78, 5) is 9.09. The monoisotopic (exact) mass is 388 g/mol. The van der Waals surface area contributed by atoms with Crippen LogP contribution in [0.4, 0.5) is 4.39 Å². The third-order valence-corrected chi connectivity index (χ3v) is 6.95. The van der Waals surface area contributed by atoms with Gasteiger partial charge in [-0.3, -0.25) is 0 Å². The highest BCUT2D eigenvalue weighted by atomic mass is 32.2. The molecule has 4 rings (SSSR count). The molecule has 3 heterocycles. The molecule has 1 saturated heterocycles. The first-order chi connectivity index (χ1) is 12.9. The number of rotatable bonds is 4. The first kappa shape index (κ1) is 18.1. The summed E-state index contributed by atoms with van der Waals surface area (Å²) in [7, 11) is -3.62. The van der Waals surface area contributed by atoms with Crippen molar-refractivity contribution in [2.45, 2.75) is 31.2 Å². The van der Waals surface area contributed by atoms with Crippen LogP contribution in [0.1, 0.15) is 18.7 Å². The third-order valence-electron chi connectivity index (χ3n) is 5.07. The first-order valence-corrected chi connectivity index (χ1v) is 10.4. The maximum atomic E-state index is 13.1. The lowest BCUT2D eigenvalue weighted by molar-refractivity contribution is 0.245. The lowest BCUT2D eigenvalue weighted by atomic mass is 9.99. The lowest BCUT2D eigenvalue weighted by Crippen LogP contribution is -2.41. The molecule has 0 radical (unpaired) electrons. The zero-order chi connectivity index (χ0) is 19.0. The van der Waals surface area contributed by atoms with E-state index in [-0.39, 0.29) is 10.8 Å². The number of fused-ring (bicyclic) bond motifs is 1. The standard InChI is InChI=1S/C19H21FN4O2S/c1-14-22-18-5-2-10-21-19(18)24(14)13-15-4-3-11-23(12-15)27(25,26)17-8-6-16(20)7-9-17/h2,5-10,15H,3-4,11-13H2,1H3. The van der Waals surface area contributed by atoms with Gasteiger partial charge in [-0.2, -0.15) is 4.31 Å². The van der Waals surface area contributed by atoms with Crippen molar-refractivity contribution >= 4 is 21.2 Å². The van der Waals surface area contributed by atoms with E-state index in [1.807, 2.05) is 19.1 Å². The zero-order valence-corrected chi connectivity index (χ0v) is 15.9. The highest BCUT2D eigenvalue weighted by Crippen LogP contribution is 2.26. The van der Waals surface area contributed by atoms with Gasteiger partial charge in [0.15, 0.2) is 5.65 Å². The fourth-order valence-electron chi connectivity index (χ4n) is 3.70. The summed E-state index contributed by atoms with van der Waals surface area (Å²) in [5.74, 6) is 0.606. The fourth-order valence-corrected chi connectivity index (χ4v) is 5.25. The van der Waals surface area contributed by atoms with Crippen LogP contribution in [0.2, 0.25) is 0 Å². The van der Waals surface area contributed by atoms with Gasteiger partial charge in [0, 0.05) is 25.8 Å². The maximum absolute atomic E-state index is 13.1. The van der Waals surface area contributed by atoms with E-state index in [0.717, 1.165) is 29.8 Å². The minimum atomic E-state index is -3.62. The largest absolute Gasteiger partial charge is 0.313 e. The molecular formula is C19H21FN4O2S. The van der Waals surface area contributed by atoms with E-state index in [1.54, 1.807) is 6.20 Å². The van der Waals surface area contributed by atoms with E-state index < -0.39 is 15.8 Å². The molecule has 0 bridgehead atoms. The van der Waals surface area contributed by atoms with Crippen LogP contribution in [0.25, 0.3) is 11.2 Å². The van der Waals surface area contributed by atoms with Crippen LogP contribution in [0, 0.1) is 18.7 Å². The average Bonchev–Trinajstić information content (AvgIpc) is 2.98. The molecule has 2 aromatic heterocycles. The summed E-state index contributed by atoms with van der Waals surface area (Å²) in [5.41, 5.74) is 1.68. The second-order valence-electron chi connectivity index (χ2n) is 6.94. The molecule has 0 amide bonds. The number of imidazole rings is 1. The lowest BCUT2D eigenvalue weighted by Gasteiger charge is -2.32. The Hall–Kier alpha value is -2.32. The molecule has 8 heteroatoms. The van der Waals surface area contributed by atoms with Crippen LogP contribution >= 0.6 is 0 Å². The summed E-state index contributed by atoms with van der Waals surface area (Å²) in [5, 5.41) is 0. The summed E-state index contributed by atoms with van der Waals surface area (Å²) in [6.07, 6.45) is 3.48. The Kier molecular flexibility index (Phi) is 4.69. The predicted octanol–water partition coefficient (Wildman–Crippen LogP) is 2.98. The maximum Gasteiger partial charge on any atom is 0.243 e. The highest BCUT2D eigenvalue weighted by molar-refractivity contribution is 7.89. The number of aryl methyl sites for hydroxylation is 1. The molecular weight excluding hydrogens is 367 g/mol. The smallest absolute Gasteiger partial charge is 0.243 e. The summed E-state index contributed by atoms with van der Waals surface area (Å²) in [6.45, 7) is 3.54. The van der Waals surface area contributed by atoms with Gasteiger partial charge in [-0.1, -0.05) is 0 Å². The van der Waals surface area contributed by atoms with Gasteiger partial charge in [0.25, 0.3) is 0 Å². The van der Waals surface area contributed by atoms with Crippen LogP contribution < -0.4 is 0 Å². The minimum absolute atomic E-state index is 0.135. The molecule has 0 N–H and O–H groups in total. The van der Waals surface area contributed by atoms with Gasteiger partial charge in [-0.15, -0.1) is 0 Å².